The smallest absolute Gasteiger partial charge is 0.0709 e. The number of ether oxygens (including phenoxy) is 1. The molecule has 1 aliphatic heterocycles. The van der Waals surface area contributed by atoms with Gasteiger partial charge in [0.15, 0.2) is 0 Å². The van der Waals surface area contributed by atoms with E-state index in [0.717, 1.165) is 49.0 Å². The van der Waals surface area contributed by atoms with Gasteiger partial charge < -0.3 is 9.84 Å². The van der Waals surface area contributed by atoms with Crippen LogP contribution in [0.4, 0.5) is 0 Å². The van der Waals surface area contributed by atoms with E-state index in [1.54, 1.807) is 0 Å². The monoisotopic (exact) mass is 346 g/mol. The van der Waals surface area contributed by atoms with Crippen molar-refractivity contribution in [2.45, 2.75) is 96.7 Å². The lowest BCUT2D eigenvalue weighted by molar-refractivity contribution is -0.205. The van der Waals surface area contributed by atoms with Gasteiger partial charge in [0.05, 0.1) is 18.3 Å². The van der Waals surface area contributed by atoms with Crippen molar-refractivity contribution in [1.29, 1.82) is 0 Å². The summed E-state index contributed by atoms with van der Waals surface area (Å²) < 4.78 is 6.14. The lowest BCUT2D eigenvalue weighted by Gasteiger charge is -2.62. The molecule has 1 N–H and O–H groups in total. The van der Waals surface area contributed by atoms with Gasteiger partial charge in [0.1, 0.15) is 0 Å². The minimum absolute atomic E-state index is 0.0185. The zero-order valence-corrected chi connectivity index (χ0v) is 16.6. The molecule has 0 spiro atoms. The summed E-state index contributed by atoms with van der Waals surface area (Å²) in [7, 11) is 0. The largest absolute Gasteiger partial charge is 0.393 e. The van der Waals surface area contributed by atoms with Crippen molar-refractivity contribution >= 4 is 0 Å². The molecular formula is C23H38O2. The standard InChI is InChI=1S/C23H38O2/c1-21-10-8-16(24)14-15(21)4-5-17-18-6-7-20(23(3)12-13-25-23)22(18,2)11-9-19(17)21/h15-20,24H,4-14H2,1-3H3/t15-,16-,17+,18+,19+,20+,21+,22+,23?/m1/s1. The topological polar surface area (TPSA) is 29.5 Å². The Labute approximate surface area is 154 Å². The van der Waals surface area contributed by atoms with Gasteiger partial charge in [-0.3, -0.25) is 0 Å². The van der Waals surface area contributed by atoms with Crippen LogP contribution in [0.25, 0.3) is 0 Å². The molecule has 2 heteroatoms. The van der Waals surface area contributed by atoms with Gasteiger partial charge in [-0.25, -0.2) is 0 Å². The highest BCUT2D eigenvalue weighted by molar-refractivity contribution is 5.12. The predicted molar refractivity (Wildman–Crippen MR) is 100 cm³/mol. The van der Waals surface area contributed by atoms with E-state index in [-0.39, 0.29) is 11.7 Å². The Bertz CT molecular complexity index is 540. The Morgan fingerprint density at radius 2 is 1.52 bits per heavy atom. The Balaban J connectivity index is 1.42. The molecule has 0 aromatic heterocycles. The molecular weight excluding hydrogens is 308 g/mol. The number of aliphatic hydroxyl groups excluding tert-OH is 1. The lowest BCUT2D eigenvalue weighted by atomic mass is 9.44. The molecule has 4 saturated carbocycles. The first kappa shape index (κ1) is 17.0. The second-order valence-corrected chi connectivity index (χ2v) is 11.2. The van der Waals surface area contributed by atoms with Crippen molar-refractivity contribution in [2.75, 3.05) is 6.61 Å². The molecule has 0 bridgehead atoms. The van der Waals surface area contributed by atoms with E-state index in [1.807, 2.05) is 0 Å². The second kappa shape index (κ2) is 5.47. The fraction of sp³-hybridized carbons (Fsp3) is 1.00. The summed E-state index contributed by atoms with van der Waals surface area (Å²) in [4.78, 5) is 0. The number of aliphatic hydroxyl groups is 1. The molecule has 25 heavy (non-hydrogen) atoms. The molecule has 5 fully saturated rings. The molecule has 0 amide bonds. The lowest BCUT2D eigenvalue weighted by Crippen LogP contribution is -2.57. The van der Waals surface area contributed by atoms with Crippen molar-refractivity contribution in [3.05, 3.63) is 0 Å². The van der Waals surface area contributed by atoms with Crippen LogP contribution < -0.4 is 0 Å². The molecule has 4 aliphatic carbocycles. The van der Waals surface area contributed by atoms with Crippen LogP contribution in [0.3, 0.4) is 0 Å². The zero-order chi connectivity index (χ0) is 17.4. The van der Waals surface area contributed by atoms with E-state index in [1.165, 1.54) is 51.4 Å². The minimum atomic E-state index is -0.0185. The summed E-state index contributed by atoms with van der Waals surface area (Å²) in [6.07, 6.45) is 13.2. The van der Waals surface area contributed by atoms with Crippen LogP contribution in [0.2, 0.25) is 0 Å². The third kappa shape index (κ3) is 2.22. The molecule has 1 saturated heterocycles. The van der Waals surface area contributed by atoms with Crippen molar-refractivity contribution < 1.29 is 9.84 Å². The fourth-order valence-corrected chi connectivity index (χ4v) is 8.94. The van der Waals surface area contributed by atoms with Crippen LogP contribution in [0.1, 0.15) is 85.0 Å². The Morgan fingerprint density at radius 3 is 2.24 bits per heavy atom. The summed E-state index contributed by atoms with van der Waals surface area (Å²) in [5, 5.41) is 10.2. The molecule has 2 nitrogen and oxygen atoms in total. The van der Waals surface area contributed by atoms with Crippen LogP contribution in [0, 0.1) is 40.4 Å². The van der Waals surface area contributed by atoms with E-state index in [4.69, 9.17) is 4.74 Å². The quantitative estimate of drug-likeness (QED) is 0.708. The van der Waals surface area contributed by atoms with Gasteiger partial charge in [0.2, 0.25) is 0 Å². The van der Waals surface area contributed by atoms with Gasteiger partial charge in [0, 0.05) is 0 Å². The van der Waals surface area contributed by atoms with Crippen molar-refractivity contribution in [1.82, 2.24) is 0 Å². The van der Waals surface area contributed by atoms with Crippen LogP contribution in [-0.4, -0.2) is 23.4 Å². The second-order valence-electron chi connectivity index (χ2n) is 11.2. The van der Waals surface area contributed by atoms with Crippen LogP contribution >= 0.6 is 0 Å². The average molecular weight is 347 g/mol. The van der Waals surface area contributed by atoms with Crippen LogP contribution in [0.5, 0.6) is 0 Å². The number of fused-ring (bicyclic) bond motifs is 5. The highest BCUT2D eigenvalue weighted by atomic mass is 16.5. The molecule has 9 atom stereocenters. The maximum absolute atomic E-state index is 10.2. The first-order valence-electron chi connectivity index (χ1n) is 11.2. The van der Waals surface area contributed by atoms with E-state index in [0.29, 0.717) is 10.8 Å². The molecule has 1 unspecified atom stereocenters. The summed E-state index contributed by atoms with van der Waals surface area (Å²) in [5.74, 6) is 4.38. The highest BCUT2D eigenvalue weighted by Gasteiger charge is 2.63. The third-order valence-corrected chi connectivity index (χ3v) is 10.4. The van der Waals surface area contributed by atoms with Gasteiger partial charge in [-0.2, -0.15) is 0 Å². The molecule has 5 aliphatic rings. The predicted octanol–water partition coefficient (Wildman–Crippen LogP) is 5.19. The summed E-state index contributed by atoms with van der Waals surface area (Å²) in [6, 6.07) is 0. The highest BCUT2D eigenvalue weighted by Crippen LogP contribution is 2.69. The van der Waals surface area contributed by atoms with Crippen molar-refractivity contribution in [2.24, 2.45) is 40.4 Å². The van der Waals surface area contributed by atoms with Crippen molar-refractivity contribution in [3.8, 4) is 0 Å². The molecule has 5 rings (SSSR count). The molecule has 1 heterocycles. The van der Waals surface area contributed by atoms with E-state index in [2.05, 4.69) is 20.8 Å². The number of rotatable bonds is 1. The van der Waals surface area contributed by atoms with Gasteiger partial charge in [-0.05, 0) is 112 Å². The van der Waals surface area contributed by atoms with Crippen LogP contribution in [-0.2, 0) is 4.74 Å². The number of hydrogen-bond acceptors (Lipinski definition) is 2. The minimum Gasteiger partial charge on any atom is -0.393 e. The normalized spacial score (nSPS) is 61.0. The van der Waals surface area contributed by atoms with E-state index < -0.39 is 0 Å². The van der Waals surface area contributed by atoms with Gasteiger partial charge in [0.25, 0.3) is 0 Å². The van der Waals surface area contributed by atoms with Gasteiger partial charge >= 0.3 is 0 Å². The first-order chi connectivity index (χ1) is 11.9. The van der Waals surface area contributed by atoms with E-state index in [9.17, 15) is 5.11 Å². The van der Waals surface area contributed by atoms with Gasteiger partial charge in [-0.1, -0.05) is 13.8 Å². The van der Waals surface area contributed by atoms with Crippen LogP contribution in [0.15, 0.2) is 0 Å². The SMILES string of the molecule is CC1([C@H]2CC[C@H]3[C@@H]4CC[C@@H]5C[C@H](O)CC[C@]5(C)[C@H]4CC[C@]23C)CCO1. The molecule has 0 aromatic carbocycles. The summed E-state index contributed by atoms with van der Waals surface area (Å²) in [6.45, 7) is 8.63. The molecule has 142 valence electrons. The Hall–Kier alpha value is -0.0800. The van der Waals surface area contributed by atoms with Gasteiger partial charge in [-0.15, -0.1) is 0 Å². The molecule has 0 radical (unpaired) electrons. The van der Waals surface area contributed by atoms with Crippen molar-refractivity contribution in [3.63, 3.8) is 0 Å². The fourth-order valence-electron chi connectivity index (χ4n) is 8.94. The maximum Gasteiger partial charge on any atom is 0.0709 e. The third-order valence-electron chi connectivity index (χ3n) is 10.4. The molecule has 0 aromatic rings. The zero-order valence-electron chi connectivity index (χ0n) is 16.6. The number of hydrogen-bond donors (Lipinski definition) is 1. The average Bonchev–Trinajstić information content (AvgIpc) is 2.91. The summed E-state index contributed by atoms with van der Waals surface area (Å²) >= 11 is 0. The summed E-state index contributed by atoms with van der Waals surface area (Å²) in [5.41, 5.74) is 1.22. The first-order valence-corrected chi connectivity index (χ1v) is 11.2. The van der Waals surface area contributed by atoms with E-state index >= 15 is 0 Å². The maximum atomic E-state index is 10.2. The Kier molecular flexibility index (Phi) is 3.73. The Morgan fingerprint density at radius 1 is 0.800 bits per heavy atom.